The summed E-state index contributed by atoms with van der Waals surface area (Å²) in [5.41, 5.74) is 6.55. The zero-order valence-electron chi connectivity index (χ0n) is 10.7. The summed E-state index contributed by atoms with van der Waals surface area (Å²) in [5, 5.41) is 2.32. The van der Waals surface area contributed by atoms with E-state index in [4.69, 9.17) is 10.5 Å². The number of hydrogen-bond acceptors (Lipinski definition) is 3. The number of hydrogen-bond donors (Lipinski definition) is 1. The molecule has 1 aromatic heterocycles. The van der Waals surface area contributed by atoms with Gasteiger partial charge in [-0.15, -0.1) is 0 Å². The van der Waals surface area contributed by atoms with Crippen molar-refractivity contribution in [2.75, 3.05) is 5.73 Å². The van der Waals surface area contributed by atoms with Crippen LogP contribution in [0, 0.1) is 0 Å². The van der Waals surface area contributed by atoms with Crippen LogP contribution in [0.3, 0.4) is 0 Å². The molecule has 0 fully saturated rings. The van der Waals surface area contributed by atoms with Crippen LogP contribution in [0.5, 0.6) is 5.75 Å². The number of nitrogen functional groups attached to an aromatic ring is 1. The normalized spacial score (nSPS) is 10.7. The van der Waals surface area contributed by atoms with Crippen molar-refractivity contribution >= 4 is 32.5 Å². The van der Waals surface area contributed by atoms with Gasteiger partial charge in [-0.2, -0.15) is 0 Å². The number of nitrogens with zero attached hydrogens (tertiary/aromatic N) is 1. The Labute approximate surface area is 125 Å². The molecule has 0 spiro atoms. The molecule has 0 bridgehead atoms. The number of aromatic nitrogens is 1. The molecule has 4 heteroatoms. The first-order chi connectivity index (χ1) is 9.74. The Bertz CT molecular complexity index is 741. The highest BCUT2D eigenvalue weighted by Crippen LogP contribution is 2.33. The summed E-state index contributed by atoms with van der Waals surface area (Å²) in [7, 11) is 0. The van der Waals surface area contributed by atoms with Crippen LogP contribution < -0.4 is 10.5 Å². The topological polar surface area (TPSA) is 48.1 Å². The molecule has 0 atom stereocenters. The van der Waals surface area contributed by atoms with Gasteiger partial charge in [-0.05, 0) is 38.8 Å². The lowest BCUT2D eigenvalue weighted by atomic mass is 10.1. The van der Waals surface area contributed by atoms with Gasteiger partial charge in [-0.25, -0.2) is 4.98 Å². The van der Waals surface area contributed by atoms with Crippen LogP contribution in [0.2, 0.25) is 0 Å². The first kappa shape index (κ1) is 12.9. The first-order valence-corrected chi connectivity index (χ1v) is 7.04. The minimum Gasteiger partial charge on any atom is -0.488 e. The third kappa shape index (κ3) is 2.60. The number of fused-ring (bicyclic) bond motifs is 1. The SMILES string of the molecule is Nc1ccc(COc2ccc3ccccc3c2Br)cn1. The van der Waals surface area contributed by atoms with Gasteiger partial charge in [0, 0.05) is 11.8 Å². The van der Waals surface area contributed by atoms with Crippen molar-refractivity contribution in [2.45, 2.75) is 6.61 Å². The van der Waals surface area contributed by atoms with E-state index in [2.05, 4.69) is 39.1 Å². The smallest absolute Gasteiger partial charge is 0.134 e. The summed E-state index contributed by atoms with van der Waals surface area (Å²) >= 11 is 3.61. The van der Waals surface area contributed by atoms with Gasteiger partial charge in [0.2, 0.25) is 0 Å². The van der Waals surface area contributed by atoms with E-state index in [1.165, 1.54) is 5.39 Å². The van der Waals surface area contributed by atoms with Crippen molar-refractivity contribution in [1.29, 1.82) is 0 Å². The summed E-state index contributed by atoms with van der Waals surface area (Å²) < 4.78 is 6.81. The van der Waals surface area contributed by atoms with Gasteiger partial charge < -0.3 is 10.5 Å². The number of ether oxygens (including phenoxy) is 1. The zero-order valence-corrected chi connectivity index (χ0v) is 12.3. The van der Waals surface area contributed by atoms with Crippen molar-refractivity contribution in [3.63, 3.8) is 0 Å². The standard InChI is InChI=1S/C16H13BrN2O/c17-16-13-4-2-1-3-12(13)6-7-14(16)20-10-11-5-8-15(18)19-9-11/h1-9H,10H2,(H2,18,19). The van der Waals surface area contributed by atoms with Crippen molar-refractivity contribution in [3.8, 4) is 5.75 Å². The lowest BCUT2D eigenvalue weighted by molar-refractivity contribution is 0.304. The highest BCUT2D eigenvalue weighted by Gasteiger charge is 2.06. The maximum absolute atomic E-state index is 5.84. The molecule has 2 N–H and O–H groups in total. The van der Waals surface area contributed by atoms with E-state index < -0.39 is 0 Å². The molecule has 100 valence electrons. The number of benzene rings is 2. The number of halogens is 1. The fourth-order valence-corrected chi connectivity index (χ4v) is 2.62. The minimum absolute atomic E-state index is 0.463. The zero-order chi connectivity index (χ0) is 13.9. The molecule has 20 heavy (non-hydrogen) atoms. The molecule has 3 rings (SSSR count). The van der Waals surface area contributed by atoms with Gasteiger partial charge in [0.1, 0.15) is 18.2 Å². The van der Waals surface area contributed by atoms with Gasteiger partial charge in [0.15, 0.2) is 0 Å². The van der Waals surface area contributed by atoms with Gasteiger partial charge >= 0.3 is 0 Å². The van der Waals surface area contributed by atoms with Crippen molar-refractivity contribution < 1.29 is 4.74 Å². The Morgan fingerprint density at radius 1 is 1.05 bits per heavy atom. The maximum Gasteiger partial charge on any atom is 0.134 e. The van der Waals surface area contributed by atoms with Gasteiger partial charge in [0.25, 0.3) is 0 Å². The Kier molecular flexibility index (Phi) is 3.56. The van der Waals surface area contributed by atoms with Crippen LogP contribution in [0.15, 0.2) is 59.2 Å². The second kappa shape index (κ2) is 5.51. The predicted octanol–water partition coefficient (Wildman–Crippen LogP) is 4.16. The summed E-state index contributed by atoms with van der Waals surface area (Å²) in [5.74, 6) is 1.33. The molecule has 0 aliphatic rings. The van der Waals surface area contributed by atoms with E-state index in [9.17, 15) is 0 Å². The Morgan fingerprint density at radius 3 is 2.70 bits per heavy atom. The monoisotopic (exact) mass is 328 g/mol. The highest BCUT2D eigenvalue weighted by atomic mass is 79.9. The predicted molar refractivity (Wildman–Crippen MR) is 84.6 cm³/mol. The van der Waals surface area contributed by atoms with Gasteiger partial charge in [-0.1, -0.05) is 36.4 Å². The fraction of sp³-hybridized carbons (Fsp3) is 0.0625. The number of anilines is 1. The van der Waals surface area contributed by atoms with Gasteiger partial charge in [0.05, 0.1) is 4.47 Å². The molecule has 0 unspecified atom stereocenters. The third-order valence-electron chi connectivity index (χ3n) is 3.07. The molecule has 3 nitrogen and oxygen atoms in total. The fourth-order valence-electron chi connectivity index (χ4n) is 2.01. The minimum atomic E-state index is 0.463. The Balaban J connectivity index is 1.84. The number of rotatable bonds is 3. The van der Waals surface area contributed by atoms with Crippen LogP contribution in [0.4, 0.5) is 5.82 Å². The molecule has 3 aromatic rings. The second-order valence-electron chi connectivity index (χ2n) is 4.48. The van der Waals surface area contributed by atoms with E-state index in [1.807, 2.05) is 24.3 Å². The maximum atomic E-state index is 5.84. The first-order valence-electron chi connectivity index (χ1n) is 6.24. The quantitative estimate of drug-likeness (QED) is 0.785. The molecule has 0 aliphatic carbocycles. The summed E-state index contributed by atoms with van der Waals surface area (Å²) in [4.78, 5) is 4.05. The lowest BCUT2D eigenvalue weighted by Crippen LogP contribution is -1.98. The van der Waals surface area contributed by atoms with E-state index in [1.54, 1.807) is 12.3 Å². The average Bonchev–Trinajstić information content (AvgIpc) is 2.49. The molecular formula is C16H13BrN2O. The lowest BCUT2D eigenvalue weighted by Gasteiger charge is -2.10. The van der Waals surface area contributed by atoms with Crippen LogP contribution in [-0.4, -0.2) is 4.98 Å². The largest absolute Gasteiger partial charge is 0.488 e. The van der Waals surface area contributed by atoms with E-state index in [-0.39, 0.29) is 0 Å². The van der Waals surface area contributed by atoms with Crippen LogP contribution >= 0.6 is 15.9 Å². The third-order valence-corrected chi connectivity index (χ3v) is 3.89. The van der Waals surface area contributed by atoms with E-state index in [0.717, 1.165) is 21.2 Å². The number of nitrogens with two attached hydrogens (primary N) is 1. The number of pyridine rings is 1. The molecule has 2 aromatic carbocycles. The summed E-state index contributed by atoms with van der Waals surface area (Å²) in [6.07, 6.45) is 1.73. The average molecular weight is 329 g/mol. The van der Waals surface area contributed by atoms with Crippen LogP contribution in [0.25, 0.3) is 10.8 Å². The van der Waals surface area contributed by atoms with E-state index in [0.29, 0.717) is 12.4 Å². The Morgan fingerprint density at radius 2 is 1.90 bits per heavy atom. The second-order valence-corrected chi connectivity index (χ2v) is 5.27. The van der Waals surface area contributed by atoms with Crippen molar-refractivity contribution in [3.05, 3.63) is 64.8 Å². The molecule has 0 radical (unpaired) electrons. The van der Waals surface area contributed by atoms with Gasteiger partial charge in [-0.3, -0.25) is 0 Å². The molecule has 0 amide bonds. The molecular weight excluding hydrogens is 316 g/mol. The summed E-state index contributed by atoms with van der Waals surface area (Å²) in [6.45, 7) is 0.463. The van der Waals surface area contributed by atoms with Crippen LogP contribution in [-0.2, 0) is 6.61 Å². The Hall–Kier alpha value is -2.07. The van der Waals surface area contributed by atoms with Crippen molar-refractivity contribution in [1.82, 2.24) is 4.98 Å². The molecule has 0 saturated carbocycles. The highest BCUT2D eigenvalue weighted by molar-refractivity contribution is 9.10. The van der Waals surface area contributed by atoms with Crippen molar-refractivity contribution in [2.24, 2.45) is 0 Å². The molecule has 0 saturated heterocycles. The van der Waals surface area contributed by atoms with Crippen LogP contribution in [0.1, 0.15) is 5.56 Å². The van der Waals surface area contributed by atoms with E-state index >= 15 is 0 Å². The molecule has 0 aliphatic heterocycles. The summed E-state index contributed by atoms with van der Waals surface area (Å²) in [6, 6.07) is 15.9. The molecule has 1 heterocycles.